The first-order chi connectivity index (χ1) is 16.3. The summed E-state index contributed by atoms with van der Waals surface area (Å²) in [7, 11) is -3.89. The monoisotopic (exact) mass is 507 g/mol. The molecule has 0 radical (unpaired) electrons. The van der Waals surface area contributed by atoms with Gasteiger partial charge >= 0.3 is 0 Å². The molecule has 4 aliphatic rings. The van der Waals surface area contributed by atoms with E-state index in [0.29, 0.717) is 0 Å². The van der Waals surface area contributed by atoms with Crippen molar-refractivity contribution in [1.82, 2.24) is 4.72 Å². The summed E-state index contributed by atoms with van der Waals surface area (Å²) in [4.78, 5) is 0.144. The van der Waals surface area contributed by atoms with Gasteiger partial charge in [0.2, 0.25) is 10.0 Å². The van der Waals surface area contributed by atoms with E-state index in [1.54, 1.807) is 64.1 Å². The Morgan fingerprint density at radius 3 is 2.00 bits per heavy atom. The minimum atomic E-state index is -3.89. The van der Waals surface area contributed by atoms with Crippen LogP contribution in [0.25, 0.3) is 0 Å². The number of ether oxygens (including phenoxy) is 5. The van der Waals surface area contributed by atoms with Gasteiger partial charge in [-0.3, -0.25) is 0 Å². The molecule has 0 spiro atoms. The number of sulfonamides is 1. The van der Waals surface area contributed by atoms with Crippen LogP contribution in [0.1, 0.15) is 33.3 Å². The lowest BCUT2D eigenvalue weighted by Crippen LogP contribution is -2.58. The average molecular weight is 508 g/mol. The van der Waals surface area contributed by atoms with Gasteiger partial charge in [-0.1, -0.05) is 42.0 Å². The molecule has 5 rings (SSSR count). The van der Waals surface area contributed by atoms with Crippen molar-refractivity contribution in [3.05, 3.63) is 54.1 Å². The fraction of sp³-hybridized carbons (Fsp3) is 0.600. The Morgan fingerprint density at radius 2 is 1.37 bits per heavy atom. The van der Waals surface area contributed by atoms with Gasteiger partial charge in [-0.2, -0.15) is 0 Å². The van der Waals surface area contributed by atoms with Crippen molar-refractivity contribution in [3.8, 4) is 0 Å². The van der Waals surface area contributed by atoms with Gasteiger partial charge in [0.15, 0.2) is 11.6 Å². The molecule has 192 valence electrons. The van der Waals surface area contributed by atoms with Gasteiger partial charge in [-0.25, -0.2) is 13.1 Å². The van der Waals surface area contributed by atoms with E-state index in [-0.39, 0.29) is 11.0 Å². The molecule has 35 heavy (non-hydrogen) atoms. The highest BCUT2D eigenvalue weighted by molar-refractivity contribution is 7.89. The number of hydrogen-bond acceptors (Lipinski definition) is 8. The molecule has 8 atom stereocenters. The third-order valence-corrected chi connectivity index (χ3v) is 8.10. The number of rotatable bonds is 5. The van der Waals surface area contributed by atoms with Crippen LogP contribution in [-0.2, 0) is 33.7 Å². The van der Waals surface area contributed by atoms with Crippen molar-refractivity contribution in [3.63, 3.8) is 0 Å². The van der Waals surface area contributed by atoms with Gasteiger partial charge < -0.3 is 28.8 Å². The molecular formula is C25H33NO8S. The lowest BCUT2D eigenvalue weighted by Gasteiger charge is -2.38. The Labute approximate surface area is 206 Å². The number of nitrogens with one attached hydrogen (secondary N) is 1. The van der Waals surface area contributed by atoms with Crippen LogP contribution in [-0.4, -0.2) is 73.9 Å². The summed E-state index contributed by atoms with van der Waals surface area (Å²) < 4.78 is 59.4. The molecule has 0 aromatic heterocycles. The predicted molar refractivity (Wildman–Crippen MR) is 126 cm³/mol. The van der Waals surface area contributed by atoms with E-state index in [0.717, 1.165) is 5.56 Å². The van der Waals surface area contributed by atoms with E-state index in [2.05, 4.69) is 4.72 Å². The van der Waals surface area contributed by atoms with Crippen LogP contribution in [0.2, 0.25) is 0 Å². The lowest BCUT2D eigenvalue weighted by molar-refractivity contribution is -0.166. The maximum absolute atomic E-state index is 13.3. The Bertz CT molecular complexity index is 1110. The number of aliphatic hydroxyl groups is 1. The van der Waals surface area contributed by atoms with Crippen LogP contribution >= 0.6 is 0 Å². The molecule has 1 aromatic rings. The van der Waals surface area contributed by atoms with Crippen LogP contribution < -0.4 is 4.72 Å². The number of aliphatic hydroxyl groups excluding tert-OH is 1. The molecule has 0 amide bonds. The van der Waals surface area contributed by atoms with Crippen LogP contribution in [0, 0.1) is 6.92 Å². The Kier molecular flexibility index (Phi) is 6.25. The van der Waals surface area contributed by atoms with Gasteiger partial charge in [0.1, 0.15) is 36.6 Å². The Morgan fingerprint density at radius 1 is 0.829 bits per heavy atom. The zero-order chi connectivity index (χ0) is 25.2. The first-order valence-electron chi connectivity index (χ1n) is 11.8. The third-order valence-electron chi connectivity index (χ3n) is 6.63. The molecule has 2 heterocycles. The molecule has 0 unspecified atom stereocenters. The second kappa shape index (κ2) is 8.74. The zero-order valence-electron chi connectivity index (χ0n) is 20.5. The largest absolute Gasteiger partial charge is 0.387 e. The minimum Gasteiger partial charge on any atom is -0.387 e. The normalized spacial score (nSPS) is 39.4. The number of aryl methyl sites for hydroxylation is 1. The van der Waals surface area contributed by atoms with E-state index >= 15 is 0 Å². The SMILES string of the molecule is Cc1ccc(S(=O)(=O)N[C@H]2[C@@H]3OC(C)(C)O[C@@H]3C=C[C@@H]2O[C@H]2C=C[C@H]3OC(C)(C)O[C@H]3[C@@H]2O)cc1. The molecule has 2 aliphatic heterocycles. The molecule has 9 nitrogen and oxygen atoms in total. The van der Waals surface area contributed by atoms with Gasteiger partial charge in [0.05, 0.1) is 17.0 Å². The van der Waals surface area contributed by atoms with Crippen LogP contribution in [0.3, 0.4) is 0 Å². The lowest BCUT2D eigenvalue weighted by atomic mass is 9.92. The van der Waals surface area contributed by atoms with Crippen LogP contribution in [0.5, 0.6) is 0 Å². The van der Waals surface area contributed by atoms with E-state index in [1.165, 1.54) is 0 Å². The van der Waals surface area contributed by atoms with Gasteiger partial charge in [0.25, 0.3) is 0 Å². The Balaban J connectivity index is 1.40. The highest BCUT2D eigenvalue weighted by atomic mass is 32.2. The molecule has 0 saturated carbocycles. The fourth-order valence-corrected chi connectivity index (χ4v) is 6.31. The van der Waals surface area contributed by atoms with E-state index in [4.69, 9.17) is 23.7 Å². The van der Waals surface area contributed by atoms with Crippen LogP contribution in [0.4, 0.5) is 0 Å². The van der Waals surface area contributed by atoms with E-state index in [1.807, 2.05) is 19.1 Å². The van der Waals surface area contributed by atoms with Crippen molar-refractivity contribution in [1.29, 1.82) is 0 Å². The minimum absolute atomic E-state index is 0.144. The smallest absolute Gasteiger partial charge is 0.241 e. The van der Waals surface area contributed by atoms with Crippen LogP contribution in [0.15, 0.2) is 53.5 Å². The Hall–Kier alpha value is -1.63. The quantitative estimate of drug-likeness (QED) is 0.582. The molecule has 2 saturated heterocycles. The van der Waals surface area contributed by atoms with Crippen molar-refractivity contribution in [2.24, 2.45) is 0 Å². The number of hydrogen-bond donors (Lipinski definition) is 2. The first kappa shape index (κ1) is 25.0. The highest BCUT2D eigenvalue weighted by Gasteiger charge is 2.52. The van der Waals surface area contributed by atoms with E-state index < -0.39 is 64.3 Å². The summed E-state index contributed by atoms with van der Waals surface area (Å²) in [5.41, 5.74) is 0.956. The summed E-state index contributed by atoms with van der Waals surface area (Å²) in [6, 6.07) is 5.82. The molecular weight excluding hydrogens is 474 g/mol. The van der Waals surface area contributed by atoms with Crippen molar-refractivity contribution in [2.75, 3.05) is 0 Å². The average Bonchev–Trinajstić information content (AvgIpc) is 3.26. The van der Waals surface area contributed by atoms with Gasteiger partial charge in [-0.15, -0.1) is 0 Å². The molecule has 10 heteroatoms. The molecule has 2 N–H and O–H groups in total. The predicted octanol–water partition coefficient (Wildman–Crippen LogP) is 1.94. The van der Waals surface area contributed by atoms with Crippen molar-refractivity contribution < 1.29 is 37.2 Å². The maximum atomic E-state index is 13.3. The summed E-state index contributed by atoms with van der Waals surface area (Å²) in [6.45, 7) is 9.05. The summed E-state index contributed by atoms with van der Waals surface area (Å²) in [5.74, 6) is -1.71. The van der Waals surface area contributed by atoms with Gasteiger partial charge in [-0.05, 0) is 46.8 Å². The third kappa shape index (κ3) is 4.99. The van der Waals surface area contributed by atoms with Crippen molar-refractivity contribution >= 4 is 10.0 Å². The topological polar surface area (TPSA) is 113 Å². The maximum Gasteiger partial charge on any atom is 0.241 e. The van der Waals surface area contributed by atoms with Crippen molar-refractivity contribution in [2.45, 2.75) is 99.9 Å². The first-order valence-corrected chi connectivity index (χ1v) is 13.3. The second-order valence-corrected chi connectivity index (χ2v) is 12.1. The van der Waals surface area contributed by atoms with E-state index in [9.17, 15) is 13.5 Å². The summed E-state index contributed by atoms with van der Waals surface area (Å²) >= 11 is 0. The summed E-state index contributed by atoms with van der Waals surface area (Å²) in [6.07, 6.45) is 2.63. The zero-order valence-corrected chi connectivity index (χ0v) is 21.3. The summed E-state index contributed by atoms with van der Waals surface area (Å²) in [5, 5.41) is 11.0. The highest BCUT2D eigenvalue weighted by Crippen LogP contribution is 2.38. The molecule has 0 bridgehead atoms. The standard InChI is InChI=1S/C25H33NO8S/c1-14-6-8-15(9-7-14)35(28,29)26-20-16(10-12-18-22(20)33-24(2,3)31-18)30-17-11-13-19-23(21(17)27)34-25(4,5)32-19/h6-13,16-23,26-27H,1-5H3/t16-,17-,18+,19+,20+,21+,22+,23+/m0/s1. The molecule has 2 aliphatic carbocycles. The molecule has 2 fully saturated rings. The number of benzene rings is 1. The number of fused-ring (bicyclic) bond motifs is 2. The fourth-order valence-electron chi connectivity index (χ4n) is 5.06. The second-order valence-electron chi connectivity index (χ2n) is 10.4. The van der Waals surface area contributed by atoms with Gasteiger partial charge in [0, 0.05) is 0 Å². The molecule has 1 aromatic carbocycles.